The fourth-order valence-electron chi connectivity index (χ4n) is 1.38. The van der Waals surface area contributed by atoms with E-state index in [2.05, 4.69) is 15.9 Å². The molecule has 0 aliphatic carbocycles. The van der Waals surface area contributed by atoms with E-state index in [1.165, 1.54) is 13.8 Å². The van der Waals surface area contributed by atoms with Crippen LogP contribution in [0.2, 0.25) is 0 Å². The quantitative estimate of drug-likeness (QED) is 0.593. The maximum absolute atomic E-state index is 12.8. The molecule has 0 heterocycles. The summed E-state index contributed by atoms with van der Waals surface area (Å²) in [6.07, 6.45) is -0.928. The Labute approximate surface area is 119 Å². The van der Waals surface area contributed by atoms with Gasteiger partial charge in [0, 0.05) is 11.4 Å². The summed E-state index contributed by atoms with van der Waals surface area (Å²) in [5, 5.41) is 0. The fourth-order valence-corrected chi connectivity index (χ4v) is 1.74. The van der Waals surface area contributed by atoms with Crippen molar-refractivity contribution < 1.29 is 23.5 Å². The maximum atomic E-state index is 12.8. The van der Waals surface area contributed by atoms with E-state index in [-0.39, 0.29) is 18.1 Å². The number of alkyl halides is 1. The predicted molar refractivity (Wildman–Crippen MR) is 71.2 cm³/mol. The summed E-state index contributed by atoms with van der Waals surface area (Å²) in [5.41, 5.74) is 0.343. The number of hydrogen-bond donors (Lipinski definition) is 0. The average Bonchev–Trinajstić information content (AvgIpc) is 2.35. The van der Waals surface area contributed by atoms with Gasteiger partial charge in [-0.1, -0.05) is 15.9 Å². The zero-order chi connectivity index (χ0) is 14.4. The molecule has 19 heavy (non-hydrogen) atoms. The molecule has 0 aliphatic rings. The van der Waals surface area contributed by atoms with Crippen LogP contribution in [0.25, 0.3) is 0 Å². The first-order valence-electron chi connectivity index (χ1n) is 5.60. The van der Waals surface area contributed by atoms with Crippen LogP contribution in [0.5, 0.6) is 5.75 Å². The molecule has 0 saturated carbocycles. The van der Waals surface area contributed by atoms with Crippen LogP contribution in [0, 0.1) is 0 Å². The lowest BCUT2D eigenvalue weighted by Crippen LogP contribution is -2.27. The van der Waals surface area contributed by atoms with Crippen LogP contribution in [-0.2, 0) is 9.53 Å². The number of ketones is 1. The molecule has 0 spiro atoms. The third-order valence-electron chi connectivity index (χ3n) is 2.26. The second-order valence-corrected chi connectivity index (χ2v) is 4.81. The molecule has 1 aromatic carbocycles. The van der Waals surface area contributed by atoms with Gasteiger partial charge < -0.3 is 9.47 Å². The van der Waals surface area contributed by atoms with Gasteiger partial charge in [-0.15, -0.1) is 0 Å². The molecule has 0 saturated heterocycles. The normalized spacial score (nSPS) is 11.8. The van der Waals surface area contributed by atoms with E-state index < -0.39 is 18.7 Å². The highest BCUT2D eigenvalue weighted by molar-refractivity contribution is 9.10. The van der Waals surface area contributed by atoms with Gasteiger partial charge in [0.25, 0.3) is 0 Å². The van der Waals surface area contributed by atoms with Crippen molar-refractivity contribution in [1.29, 1.82) is 0 Å². The highest BCUT2D eigenvalue weighted by atomic mass is 79.9. The number of halogens is 2. The zero-order valence-electron chi connectivity index (χ0n) is 10.6. The van der Waals surface area contributed by atoms with E-state index in [9.17, 15) is 14.0 Å². The van der Waals surface area contributed by atoms with Crippen molar-refractivity contribution in [2.75, 3.05) is 13.3 Å². The van der Waals surface area contributed by atoms with Gasteiger partial charge in [-0.05, 0) is 25.1 Å². The Kier molecular flexibility index (Phi) is 5.95. The number of rotatable bonds is 6. The highest BCUT2D eigenvalue weighted by Crippen LogP contribution is 2.24. The molecule has 1 atom stereocenters. The lowest BCUT2D eigenvalue weighted by atomic mass is 10.1. The molecule has 0 radical (unpaired) electrons. The summed E-state index contributed by atoms with van der Waals surface area (Å²) < 4.78 is 23.6. The Morgan fingerprint density at radius 3 is 2.58 bits per heavy atom. The number of carbonyl (C=O) groups excluding carboxylic acids is 2. The SMILES string of the molecule is CC(=O)OCC(CF)Oc1ccc(Br)cc1C(C)=O. The second-order valence-electron chi connectivity index (χ2n) is 3.89. The Morgan fingerprint density at radius 1 is 1.37 bits per heavy atom. The Morgan fingerprint density at radius 2 is 2.05 bits per heavy atom. The third kappa shape index (κ3) is 4.98. The van der Waals surface area contributed by atoms with Crippen LogP contribution in [-0.4, -0.2) is 31.1 Å². The second kappa shape index (κ2) is 7.23. The predicted octanol–water partition coefficient (Wildman–Crippen LogP) is 2.93. The van der Waals surface area contributed by atoms with E-state index in [1.54, 1.807) is 18.2 Å². The summed E-state index contributed by atoms with van der Waals surface area (Å²) >= 11 is 3.25. The van der Waals surface area contributed by atoms with E-state index >= 15 is 0 Å². The van der Waals surface area contributed by atoms with Crippen LogP contribution < -0.4 is 4.74 Å². The van der Waals surface area contributed by atoms with Crippen LogP contribution in [0.1, 0.15) is 24.2 Å². The molecule has 0 amide bonds. The van der Waals surface area contributed by atoms with Gasteiger partial charge in [0.05, 0.1) is 5.56 Å². The largest absolute Gasteiger partial charge is 0.483 e. The van der Waals surface area contributed by atoms with Gasteiger partial charge in [0.1, 0.15) is 19.0 Å². The monoisotopic (exact) mass is 332 g/mol. The van der Waals surface area contributed by atoms with E-state index in [4.69, 9.17) is 9.47 Å². The van der Waals surface area contributed by atoms with E-state index in [0.717, 1.165) is 4.47 Å². The van der Waals surface area contributed by atoms with Crippen molar-refractivity contribution in [3.05, 3.63) is 28.2 Å². The number of ether oxygens (including phenoxy) is 2. The molecule has 1 aromatic rings. The molecular formula is C13H14BrFO4. The summed E-state index contributed by atoms with van der Waals surface area (Å²) in [7, 11) is 0. The van der Waals surface area contributed by atoms with Crippen molar-refractivity contribution in [2.24, 2.45) is 0 Å². The first kappa shape index (κ1) is 15.6. The first-order chi connectivity index (χ1) is 8.93. The zero-order valence-corrected chi connectivity index (χ0v) is 12.2. The Bertz CT molecular complexity index is 476. The van der Waals surface area contributed by atoms with Crippen LogP contribution in [0.15, 0.2) is 22.7 Å². The summed E-state index contributed by atoms with van der Waals surface area (Å²) in [6.45, 7) is 1.61. The molecule has 1 rings (SSSR count). The number of benzene rings is 1. The lowest BCUT2D eigenvalue weighted by molar-refractivity contribution is -0.143. The van der Waals surface area contributed by atoms with Crippen molar-refractivity contribution in [3.8, 4) is 5.75 Å². The minimum absolute atomic E-state index is 0.193. The maximum Gasteiger partial charge on any atom is 0.302 e. The molecule has 1 unspecified atom stereocenters. The number of esters is 1. The topological polar surface area (TPSA) is 52.6 Å². The van der Waals surface area contributed by atoms with Gasteiger partial charge in [-0.25, -0.2) is 4.39 Å². The molecule has 104 valence electrons. The van der Waals surface area contributed by atoms with E-state index in [1.807, 2.05) is 0 Å². The smallest absolute Gasteiger partial charge is 0.302 e. The Hall–Kier alpha value is -1.43. The van der Waals surface area contributed by atoms with Crippen molar-refractivity contribution in [2.45, 2.75) is 20.0 Å². The molecule has 4 nitrogen and oxygen atoms in total. The first-order valence-corrected chi connectivity index (χ1v) is 6.39. The van der Waals surface area contributed by atoms with Gasteiger partial charge >= 0.3 is 5.97 Å². The van der Waals surface area contributed by atoms with Gasteiger partial charge in [0.2, 0.25) is 0 Å². The van der Waals surface area contributed by atoms with Gasteiger partial charge in [-0.3, -0.25) is 9.59 Å². The van der Waals surface area contributed by atoms with Gasteiger partial charge in [0.15, 0.2) is 11.9 Å². The number of hydrogen-bond acceptors (Lipinski definition) is 4. The van der Waals surface area contributed by atoms with Crippen molar-refractivity contribution in [1.82, 2.24) is 0 Å². The summed E-state index contributed by atoms with van der Waals surface area (Å²) in [6, 6.07) is 4.85. The van der Waals surface area contributed by atoms with Crippen molar-refractivity contribution >= 4 is 27.7 Å². The van der Waals surface area contributed by atoms with Crippen LogP contribution in [0.4, 0.5) is 4.39 Å². The summed E-state index contributed by atoms with van der Waals surface area (Å²) in [4.78, 5) is 22.2. The molecule has 0 bridgehead atoms. The molecule has 0 aliphatic heterocycles. The standard InChI is InChI=1S/C13H14BrFO4/c1-8(16)12-5-10(14)3-4-13(12)19-11(6-15)7-18-9(2)17/h3-5,11H,6-7H2,1-2H3. The number of Topliss-reactive ketones (excluding diaryl/α,β-unsaturated/α-hetero) is 1. The minimum Gasteiger partial charge on any atom is -0.483 e. The summed E-state index contributed by atoms with van der Waals surface area (Å²) in [5.74, 6) is -0.434. The molecule has 0 fully saturated rings. The number of carbonyl (C=O) groups is 2. The van der Waals surface area contributed by atoms with Crippen LogP contribution >= 0.6 is 15.9 Å². The third-order valence-corrected chi connectivity index (χ3v) is 2.75. The molecule has 0 N–H and O–H groups in total. The molecule has 6 heteroatoms. The lowest BCUT2D eigenvalue weighted by Gasteiger charge is -2.17. The van der Waals surface area contributed by atoms with Crippen molar-refractivity contribution in [3.63, 3.8) is 0 Å². The molecular weight excluding hydrogens is 319 g/mol. The average molecular weight is 333 g/mol. The minimum atomic E-state index is -0.928. The fraction of sp³-hybridized carbons (Fsp3) is 0.385. The molecule has 0 aromatic heterocycles. The van der Waals surface area contributed by atoms with Gasteiger partial charge in [-0.2, -0.15) is 0 Å². The van der Waals surface area contributed by atoms with Crippen LogP contribution in [0.3, 0.4) is 0 Å². The van der Waals surface area contributed by atoms with E-state index in [0.29, 0.717) is 5.56 Å². The Balaban J connectivity index is 2.84. The highest BCUT2D eigenvalue weighted by Gasteiger charge is 2.16.